The highest BCUT2D eigenvalue weighted by atomic mass is 16.3. The molecule has 0 amide bonds. The zero-order chi connectivity index (χ0) is 15.8. The summed E-state index contributed by atoms with van der Waals surface area (Å²) in [4.78, 5) is 10.6. The van der Waals surface area contributed by atoms with Crippen molar-refractivity contribution in [3.63, 3.8) is 0 Å². The summed E-state index contributed by atoms with van der Waals surface area (Å²) in [6.07, 6.45) is 8.88. The van der Waals surface area contributed by atoms with Crippen LogP contribution in [0.1, 0.15) is 50.5 Å². The Morgan fingerprint density at radius 2 is 1.91 bits per heavy atom. The number of rotatable bonds is 3. The molecule has 3 nitrogen and oxygen atoms in total. The van der Waals surface area contributed by atoms with Crippen LogP contribution in [0.2, 0.25) is 0 Å². The van der Waals surface area contributed by atoms with E-state index in [0.29, 0.717) is 5.92 Å². The van der Waals surface area contributed by atoms with Crippen molar-refractivity contribution in [1.82, 2.24) is 0 Å². The van der Waals surface area contributed by atoms with E-state index in [1.165, 1.54) is 5.56 Å². The van der Waals surface area contributed by atoms with Gasteiger partial charge in [-0.25, -0.2) is 0 Å². The molecule has 0 bridgehead atoms. The number of phenols is 1. The van der Waals surface area contributed by atoms with Gasteiger partial charge in [-0.05, 0) is 67.7 Å². The molecule has 1 aromatic rings. The number of hydrogen-bond acceptors (Lipinski definition) is 3. The molecule has 22 heavy (non-hydrogen) atoms. The first kappa shape index (κ1) is 15.3. The van der Waals surface area contributed by atoms with Crippen molar-refractivity contribution in [1.29, 1.82) is 0 Å². The predicted octanol–water partition coefficient (Wildman–Crippen LogP) is 3.56. The van der Waals surface area contributed by atoms with Crippen LogP contribution in [0.3, 0.4) is 0 Å². The van der Waals surface area contributed by atoms with E-state index in [-0.39, 0.29) is 17.1 Å². The van der Waals surface area contributed by atoms with Crippen LogP contribution in [0.5, 0.6) is 5.75 Å². The van der Waals surface area contributed by atoms with E-state index in [1.807, 2.05) is 18.2 Å². The topological polar surface area (TPSA) is 57.5 Å². The summed E-state index contributed by atoms with van der Waals surface area (Å²) >= 11 is 0. The van der Waals surface area contributed by atoms with E-state index < -0.39 is 5.60 Å². The molecule has 0 spiro atoms. The van der Waals surface area contributed by atoms with Crippen LogP contribution < -0.4 is 0 Å². The monoisotopic (exact) mass is 300 g/mol. The second-order valence-electron chi connectivity index (χ2n) is 7.15. The molecule has 2 N–H and O–H groups in total. The number of carbonyl (C=O) groups is 1. The fourth-order valence-electron chi connectivity index (χ4n) is 4.60. The van der Waals surface area contributed by atoms with Gasteiger partial charge in [-0.2, -0.15) is 0 Å². The average molecular weight is 300 g/mol. The average Bonchev–Trinajstić information content (AvgIpc) is 2.77. The van der Waals surface area contributed by atoms with Gasteiger partial charge in [0.2, 0.25) is 0 Å². The van der Waals surface area contributed by atoms with Crippen molar-refractivity contribution in [3.05, 3.63) is 42.0 Å². The summed E-state index contributed by atoms with van der Waals surface area (Å²) in [5.41, 5.74) is 0.395. The van der Waals surface area contributed by atoms with Crippen LogP contribution in [0, 0.1) is 11.3 Å². The molecule has 2 aliphatic rings. The van der Waals surface area contributed by atoms with Gasteiger partial charge in [0.1, 0.15) is 12.0 Å². The van der Waals surface area contributed by atoms with Gasteiger partial charge in [0.15, 0.2) is 0 Å². The zero-order valence-corrected chi connectivity index (χ0v) is 13.0. The van der Waals surface area contributed by atoms with Crippen molar-refractivity contribution in [2.45, 2.75) is 50.5 Å². The van der Waals surface area contributed by atoms with Crippen molar-refractivity contribution < 1.29 is 15.0 Å². The number of allylic oxidation sites excluding steroid dienone is 2. The van der Waals surface area contributed by atoms with Crippen LogP contribution in [0.4, 0.5) is 0 Å². The van der Waals surface area contributed by atoms with Crippen LogP contribution in [-0.2, 0) is 4.79 Å². The Kier molecular flexibility index (Phi) is 3.85. The van der Waals surface area contributed by atoms with E-state index in [4.69, 9.17) is 0 Å². The van der Waals surface area contributed by atoms with Crippen LogP contribution in [0.15, 0.2) is 36.4 Å². The van der Waals surface area contributed by atoms with Gasteiger partial charge < -0.3 is 10.2 Å². The van der Waals surface area contributed by atoms with E-state index in [1.54, 1.807) is 18.2 Å². The van der Waals surface area contributed by atoms with Gasteiger partial charge in [0, 0.05) is 5.41 Å². The molecule has 0 saturated heterocycles. The fourth-order valence-corrected chi connectivity index (χ4v) is 4.60. The Balaban J connectivity index is 1.82. The molecular weight excluding hydrogens is 276 g/mol. The first-order valence-electron chi connectivity index (χ1n) is 8.12. The first-order valence-corrected chi connectivity index (χ1v) is 8.12. The van der Waals surface area contributed by atoms with Gasteiger partial charge in [-0.15, -0.1) is 0 Å². The van der Waals surface area contributed by atoms with Gasteiger partial charge in [0.05, 0.1) is 5.60 Å². The summed E-state index contributed by atoms with van der Waals surface area (Å²) in [6.45, 7) is 2.17. The Hall–Kier alpha value is -1.61. The van der Waals surface area contributed by atoms with E-state index >= 15 is 0 Å². The molecule has 0 aliphatic heterocycles. The van der Waals surface area contributed by atoms with Crippen LogP contribution >= 0.6 is 0 Å². The summed E-state index contributed by atoms with van der Waals surface area (Å²) in [7, 11) is 0. The largest absolute Gasteiger partial charge is 0.508 e. The number of aliphatic hydroxyl groups is 1. The lowest BCUT2D eigenvalue weighted by molar-refractivity contribution is -0.104. The maximum atomic E-state index is 11.3. The van der Waals surface area contributed by atoms with Gasteiger partial charge in [-0.3, -0.25) is 4.79 Å². The SMILES string of the molecule is C[C@]12CC[C@H](c3ccc(O)cc3)C[C@@]1(O)CC[C@@H]2/C=C/C=O. The molecular formula is C19H24O3. The molecule has 3 rings (SSSR count). The summed E-state index contributed by atoms with van der Waals surface area (Å²) in [5, 5.41) is 20.7. The van der Waals surface area contributed by atoms with Crippen molar-refractivity contribution in [3.8, 4) is 5.75 Å². The van der Waals surface area contributed by atoms with Crippen molar-refractivity contribution >= 4 is 6.29 Å². The lowest BCUT2D eigenvalue weighted by Gasteiger charge is -2.49. The minimum Gasteiger partial charge on any atom is -0.508 e. The number of hydrogen-bond donors (Lipinski definition) is 2. The van der Waals surface area contributed by atoms with E-state index in [2.05, 4.69) is 6.92 Å². The molecule has 4 atom stereocenters. The summed E-state index contributed by atoms with van der Waals surface area (Å²) in [6, 6.07) is 7.37. The normalized spacial score (nSPS) is 38.1. The van der Waals surface area contributed by atoms with Gasteiger partial charge >= 0.3 is 0 Å². The summed E-state index contributed by atoms with van der Waals surface area (Å²) < 4.78 is 0. The second kappa shape index (κ2) is 5.54. The molecule has 2 fully saturated rings. The Morgan fingerprint density at radius 3 is 2.59 bits per heavy atom. The quantitative estimate of drug-likeness (QED) is 0.663. The van der Waals surface area contributed by atoms with Crippen molar-refractivity contribution in [2.24, 2.45) is 11.3 Å². The Labute approximate surface area is 131 Å². The zero-order valence-electron chi connectivity index (χ0n) is 13.0. The highest BCUT2D eigenvalue weighted by Crippen LogP contribution is 2.60. The summed E-state index contributed by atoms with van der Waals surface area (Å²) in [5.74, 6) is 0.902. The molecule has 2 aliphatic carbocycles. The molecule has 0 heterocycles. The lowest BCUT2D eigenvalue weighted by Crippen LogP contribution is -2.49. The fraction of sp³-hybridized carbons (Fsp3) is 0.526. The highest BCUT2D eigenvalue weighted by molar-refractivity contribution is 5.64. The number of carbonyl (C=O) groups excluding carboxylic acids is 1. The number of benzene rings is 1. The minimum absolute atomic E-state index is 0.139. The smallest absolute Gasteiger partial charge is 0.142 e. The third-order valence-corrected chi connectivity index (χ3v) is 6.13. The van der Waals surface area contributed by atoms with Crippen LogP contribution in [-0.4, -0.2) is 22.1 Å². The molecule has 0 radical (unpaired) electrons. The Bertz CT molecular complexity index is 577. The molecule has 2 saturated carbocycles. The minimum atomic E-state index is -0.661. The number of aldehydes is 1. The van der Waals surface area contributed by atoms with Gasteiger partial charge in [0.25, 0.3) is 0 Å². The molecule has 118 valence electrons. The lowest BCUT2D eigenvalue weighted by atomic mass is 9.59. The van der Waals surface area contributed by atoms with Crippen molar-refractivity contribution in [2.75, 3.05) is 0 Å². The second-order valence-corrected chi connectivity index (χ2v) is 7.15. The standard InChI is InChI=1S/C19H24O3/c1-18-10-8-15(14-4-6-17(21)7-5-14)13-19(18,22)11-9-16(18)3-2-12-20/h2-7,12,15-16,21-22H,8-11,13H2,1H3/b3-2+/t15-,16-,18+,19-/m0/s1. The maximum absolute atomic E-state index is 11.3. The maximum Gasteiger partial charge on any atom is 0.142 e. The number of fused-ring (bicyclic) bond motifs is 1. The predicted molar refractivity (Wildman–Crippen MR) is 85.7 cm³/mol. The molecule has 0 unspecified atom stereocenters. The molecule has 0 aromatic heterocycles. The molecule has 3 heteroatoms. The number of phenolic OH excluding ortho intramolecular Hbond substituents is 1. The first-order chi connectivity index (χ1) is 10.5. The Morgan fingerprint density at radius 1 is 1.18 bits per heavy atom. The number of aromatic hydroxyl groups is 1. The van der Waals surface area contributed by atoms with Gasteiger partial charge in [-0.1, -0.05) is 25.1 Å². The highest BCUT2D eigenvalue weighted by Gasteiger charge is 2.58. The third kappa shape index (κ3) is 2.38. The van der Waals surface area contributed by atoms with E-state index in [9.17, 15) is 15.0 Å². The third-order valence-electron chi connectivity index (χ3n) is 6.13. The molecule has 1 aromatic carbocycles. The van der Waals surface area contributed by atoms with E-state index in [0.717, 1.165) is 38.4 Å². The van der Waals surface area contributed by atoms with Crippen LogP contribution in [0.25, 0.3) is 0 Å².